The van der Waals surface area contributed by atoms with E-state index in [1.54, 1.807) is 20.5 Å². The van der Waals surface area contributed by atoms with Gasteiger partial charge in [0.1, 0.15) is 17.3 Å². The van der Waals surface area contributed by atoms with E-state index in [4.69, 9.17) is 13.9 Å². The summed E-state index contributed by atoms with van der Waals surface area (Å²) in [5, 5.41) is 0.975. The van der Waals surface area contributed by atoms with Crippen LogP contribution in [0, 0.1) is 0 Å². The number of aromatic amines is 1. The normalized spacial score (nSPS) is 10.8. The van der Waals surface area contributed by atoms with Gasteiger partial charge in [-0.15, -0.1) is 0 Å². The van der Waals surface area contributed by atoms with Crippen LogP contribution < -0.4 is 9.47 Å². The Morgan fingerprint density at radius 2 is 1.83 bits per heavy atom. The van der Waals surface area contributed by atoms with E-state index >= 15 is 0 Å². The van der Waals surface area contributed by atoms with Crippen LogP contribution in [0.5, 0.6) is 11.5 Å². The number of benzene rings is 1. The van der Waals surface area contributed by atoms with Gasteiger partial charge in [0, 0.05) is 5.39 Å². The number of hydrogen-bond donors (Lipinski definition) is 1. The average Bonchev–Trinajstić information content (AvgIpc) is 3.05. The fourth-order valence-electron chi connectivity index (χ4n) is 2.08. The number of nitrogens with one attached hydrogen (secondary N) is 1. The zero-order chi connectivity index (χ0) is 12.5. The van der Waals surface area contributed by atoms with E-state index in [0.29, 0.717) is 0 Å². The maximum atomic E-state index is 5.38. The van der Waals surface area contributed by atoms with Gasteiger partial charge >= 0.3 is 0 Å². The van der Waals surface area contributed by atoms with Crippen molar-refractivity contribution < 1.29 is 13.9 Å². The van der Waals surface area contributed by atoms with Crippen molar-refractivity contribution in [2.45, 2.75) is 0 Å². The number of methoxy groups -OCH3 is 2. The standard InChI is InChI=1S/C14H13NO3/c1-16-11-5-6-13(17-2)14-9(11)8-10(15-14)12-4-3-7-18-12/h3-8,15H,1-2H3. The third-order valence-electron chi connectivity index (χ3n) is 2.94. The lowest BCUT2D eigenvalue weighted by molar-refractivity contribution is 0.410. The SMILES string of the molecule is COc1ccc(OC)c2[nH]c(-c3ccco3)cc12. The van der Waals surface area contributed by atoms with Gasteiger partial charge in [-0.1, -0.05) is 0 Å². The monoisotopic (exact) mass is 243 g/mol. The summed E-state index contributed by atoms with van der Waals surface area (Å²) >= 11 is 0. The molecule has 0 saturated heterocycles. The quantitative estimate of drug-likeness (QED) is 0.766. The smallest absolute Gasteiger partial charge is 0.150 e. The molecule has 0 saturated carbocycles. The molecule has 0 fully saturated rings. The Morgan fingerprint density at radius 3 is 2.50 bits per heavy atom. The molecule has 0 aliphatic heterocycles. The van der Waals surface area contributed by atoms with E-state index in [9.17, 15) is 0 Å². The van der Waals surface area contributed by atoms with E-state index in [1.165, 1.54) is 0 Å². The predicted octanol–water partition coefficient (Wildman–Crippen LogP) is 3.45. The van der Waals surface area contributed by atoms with Crippen LogP contribution >= 0.6 is 0 Å². The van der Waals surface area contributed by atoms with Crippen LogP contribution in [0.3, 0.4) is 0 Å². The number of rotatable bonds is 3. The number of fused-ring (bicyclic) bond motifs is 1. The highest BCUT2D eigenvalue weighted by Gasteiger charge is 2.12. The van der Waals surface area contributed by atoms with E-state index in [0.717, 1.165) is 33.9 Å². The fourth-order valence-corrected chi connectivity index (χ4v) is 2.08. The lowest BCUT2D eigenvalue weighted by Crippen LogP contribution is -1.87. The summed E-state index contributed by atoms with van der Waals surface area (Å²) in [6, 6.07) is 9.53. The summed E-state index contributed by atoms with van der Waals surface area (Å²) in [5.41, 5.74) is 1.81. The molecule has 1 aromatic carbocycles. The second-order valence-electron chi connectivity index (χ2n) is 3.92. The third kappa shape index (κ3) is 1.54. The molecule has 1 N–H and O–H groups in total. The lowest BCUT2D eigenvalue weighted by atomic mass is 10.2. The summed E-state index contributed by atoms with van der Waals surface area (Å²) in [5.74, 6) is 2.37. The Balaban J connectivity index is 2.26. The van der Waals surface area contributed by atoms with Gasteiger partial charge in [0.2, 0.25) is 0 Å². The lowest BCUT2D eigenvalue weighted by Gasteiger charge is -2.05. The van der Waals surface area contributed by atoms with E-state index in [1.807, 2.05) is 30.3 Å². The van der Waals surface area contributed by atoms with Gasteiger partial charge < -0.3 is 18.9 Å². The number of furan rings is 1. The van der Waals surface area contributed by atoms with Crippen LogP contribution in [0.1, 0.15) is 0 Å². The molecule has 0 amide bonds. The van der Waals surface area contributed by atoms with Crippen molar-refractivity contribution in [2.75, 3.05) is 14.2 Å². The molecular weight excluding hydrogens is 230 g/mol. The maximum absolute atomic E-state index is 5.38. The molecule has 92 valence electrons. The molecular formula is C14H13NO3. The van der Waals surface area contributed by atoms with E-state index < -0.39 is 0 Å². The molecule has 0 aliphatic rings. The zero-order valence-electron chi connectivity index (χ0n) is 10.2. The van der Waals surface area contributed by atoms with Gasteiger partial charge in [0.05, 0.1) is 31.7 Å². The molecule has 0 unspecified atom stereocenters. The Morgan fingerprint density at radius 1 is 1.06 bits per heavy atom. The van der Waals surface area contributed by atoms with Crippen molar-refractivity contribution in [3.63, 3.8) is 0 Å². The summed E-state index contributed by atoms with van der Waals surface area (Å²) in [6.07, 6.45) is 1.65. The first-order valence-corrected chi connectivity index (χ1v) is 5.61. The van der Waals surface area contributed by atoms with Gasteiger partial charge in [-0.05, 0) is 30.3 Å². The molecule has 3 rings (SSSR count). The molecule has 3 aromatic rings. The Kier molecular flexibility index (Phi) is 2.48. The molecule has 2 aromatic heterocycles. The van der Waals surface area contributed by atoms with Crippen molar-refractivity contribution in [1.29, 1.82) is 0 Å². The third-order valence-corrected chi connectivity index (χ3v) is 2.94. The minimum Gasteiger partial charge on any atom is -0.496 e. The van der Waals surface area contributed by atoms with Crippen molar-refractivity contribution in [2.24, 2.45) is 0 Å². The first kappa shape index (κ1) is 10.8. The minimum absolute atomic E-state index is 0.781. The van der Waals surface area contributed by atoms with E-state index in [-0.39, 0.29) is 0 Å². The summed E-state index contributed by atoms with van der Waals surface area (Å²) < 4.78 is 16.1. The van der Waals surface area contributed by atoms with Gasteiger partial charge in [-0.3, -0.25) is 0 Å². The molecule has 0 spiro atoms. The topological polar surface area (TPSA) is 47.4 Å². The average molecular weight is 243 g/mol. The highest BCUT2D eigenvalue weighted by atomic mass is 16.5. The number of hydrogen-bond acceptors (Lipinski definition) is 3. The largest absolute Gasteiger partial charge is 0.496 e. The number of aromatic nitrogens is 1. The molecule has 2 heterocycles. The Labute approximate surface area is 104 Å². The summed E-state index contributed by atoms with van der Waals surface area (Å²) in [4.78, 5) is 3.29. The van der Waals surface area contributed by atoms with Crippen LogP contribution in [0.4, 0.5) is 0 Å². The molecule has 18 heavy (non-hydrogen) atoms. The highest BCUT2D eigenvalue weighted by Crippen LogP contribution is 2.35. The predicted molar refractivity (Wildman–Crippen MR) is 69.1 cm³/mol. The number of ether oxygens (including phenoxy) is 2. The molecule has 0 atom stereocenters. The van der Waals surface area contributed by atoms with Crippen LogP contribution in [0.15, 0.2) is 41.0 Å². The zero-order valence-corrected chi connectivity index (χ0v) is 10.2. The first-order chi connectivity index (χ1) is 8.83. The van der Waals surface area contributed by atoms with Gasteiger partial charge in [-0.2, -0.15) is 0 Å². The molecule has 0 bridgehead atoms. The van der Waals surface area contributed by atoms with Crippen LogP contribution in [-0.4, -0.2) is 19.2 Å². The first-order valence-electron chi connectivity index (χ1n) is 5.61. The summed E-state index contributed by atoms with van der Waals surface area (Å²) in [6.45, 7) is 0. The molecule has 0 radical (unpaired) electrons. The van der Waals surface area contributed by atoms with Crippen LogP contribution in [0.2, 0.25) is 0 Å². The second kappa shape index (κ2) is 4.14. The Hall–Kier alpha value is -2.36. The van der Waals surface area contributed by atoms with Gasteiger partial charge in [0.25, 0.3) is 0 Å². The minimum atomic E-state index is 0.781. The Bertz CT molecular complexity index is 627. The summed E-state index contributed by atoms with van der Waals surface area (Å²) in [7, 11) is 3.30. The molecule has 0 aliphatic carbocycles. The van der Waals surface area contributed by atoms with Crippen LogP contribution in [-0.2, 0) is 0 Å². The van der Waals surface area contributed by atoms with Gasteiger partial charge in [0.15, 0.2) is 0 Å². The van der Waals surface area contributed by atoms with Crippen LogP contribution in [0.25, 0.3) is 22.4 Å². The highest BCUT2D eigenvalue weighted by molar-refractivity contribution is 5.94. The molecule has 4 heteroatoms. The van der Waals surface area contributed by atoms with E-state index in [2.05, 4.69) is 4.98 Å². The molecule has 4 nitrogen and oxygen atoms in total. The van der Waals surface area contributed by atoms with Crippen molar-refractivity contribution in [3.05, 3.63) is 36.6 Å². The fraction of sp³-hybridized carbons (Fsp3) is 0.143. The second-order valence-corrected chi connectivity index (χ2v) is 3.92. The van der Waals surface area contributed by atoms with Crippen molar-refractivity contribution in [3.8, 4) is 23.0 Å². The van der Waals surface area contributed by atoms with Crippen molar-refractivity contribution in [1.82, 2.24) is 4.98 Å². The van der Waals surface area contributed by atoms with Gasteiger partial charge in [-0.25, -0.2) is 0 Å². The van der Waals surface area contributed by atoms with Crippen molar-refractivity contribution >= 4 is 10.9 Å². The maximum Gasteiger partial charge on any atom is 0.150 e. The number of H-pyrrole nitrogens is 1.